The Kier molecular flexibility index (Phi) is 4.52. The van der Waals surface area contributed by atoms with E-state index in [4.69, 9.17) is 9.47 Å². The molecule has 2 aliphatic rings. The normalized spacial score (nSPS) is 23.5. The van der Waals surface area contributed by atoms with Crippen molar-refractivity contribution in [2.45, 2.75) is 25.3 Å². The zero-order valence-electron chi connectivity index (χ0n) is 13.2. The number of methoxy groups -OCH3 is 1. The lowest BCUT2D eigenvalue weighted by atomic mass is 9.83. The van der Waals surface area contributed by atoms with Crippen LogP contribution < -0.4 is 4.74 Å². The molecule has 6 heteroatoms. The molecule has 0 aromatic heterocycles. The van der Waals surface area contributed by atoms with Gasteiger partial charge in [-0.25, -0.2) is 0 Å². The molecule has 2 atom stereocenters. The highest BCUT2D eigenvalue weighted by Gasteiger charge is 2.40. The highest BCUT2D eigenvalue weighted by molar-refractivity contribution is 5.81. The SMILES string of the molecule is COCCN1C(=O)CC[C@@H](C(=O)O)[C@H]1c1ccc2c(c1)CCO2. The van der Waals surface area contributed by atoms with E-state index in [2.05, 4.69) is 0 Å². The molecule has 0 saturated carbocycles. The first-order valence-corrected chi connectivity index (χ1v) is 7.88. The topological polar surface area (TPSA) is 76.1 Å². The van der Waals surface area contributed by atoms with Gasteiger partial charge in [0.05, 0.1) is 25.2 Å². The summed E-state index contributed by atoms with van der Waals surface area (Å²) in [6, 6.07) is 5.30. The fraction of sp³-hybridized carbons (Fsp3) is 0.529. The van der Waals surface area contributed by atoms with Gasteiger partial charge in [0.1, 0.15) is 5.75 Å². The average Bonchev–Trinajstić information content (AvgIpc) is 3.00. The summed E-state index contributed by atoms with van der Waals surface area (Å²) in [4.78, 5) is 25.7. The smallest absolute Gasteiger partial charge is 0.308 e. The third-order valence-electron chi connectivity index (χ3n) is 4.62. The molecule has 0 aliphatic carbocycles. The maximum absolute atomic E-state index is 12.3. The third kappa shape index (κ3) is 3.03. The summed E-state index contributed by atoms with van der Waals surface area (Å²) in [6.45, 7) is 1.44. The number of amides is 1. The number of rotatable bonds is 5. The predicted octanol–water partition coefficient (Wildman–Crippen LogP) is 1.63. The first-order chi connectivity index (χ1) is 11.1. The zero-order chi connectivity index (χ0) is 16.4. The summed E-state index contributed by atoms with van der Waals surface area (Å²) >= 11 is 0. The highest BCUT2D eigenvalue weighted by atomic mass is 16.5. The van der Waals surface area contributed by atoms with E-state index in [1.807, 2.05) is 18.2 Å². The number of carboxylic acids is 1. The van der Waals surface area contributed by atoms with E-state index in [1.165, 1.54) is 0 Å². The number of carboxylic acid groups (broad SMARTS) is 1. The molecule has 124 valence electrons. The molecule has 2 aliphatic heterocycles. The molecule has 2 heterocycles. The van der Waals surface area contributed by atoms with Gasteiger partial charge in [-0.2, -0.15) is 0 Å². The minimum absolute atomic E-state index is 0.0127. The van der Waals surface area contributed by atoms with Crippen molar-refractivity contribution in [1.29, 1.82) is 0 Å². The Labute approximate surface area is 135 Å². The van der Waals surface area contributed by atoms with Crippen molar-refractivity contribution in [3.63, 3.8) is 0 Å². The van der Waals surface area contributed by atoms with E-state index < -0.39 is 17.9 Å². The van der Waals surface area contributed by atoms with Crippen LogP contribution in [0.2, 0.25) is 0 Å². The van der Waals surface area contributed by atoms with Crippen LogP contribution in [0.1, 0.15) is 30.0 Å². The summed E-state index contributed by atoms with van der Waals surface area (Å²) in [5, 5.41) is 9.60. The predicted molar refractivity (Wildman–Crippen MR) is 82.3 cm³/mol. The molecule has 0 spiro atoms. The number of ether oxygens (including phenoxy) is 2. The largest absolute Gasteiger partial charge is 0.493 e. The van der Waals surface area contributed by atoms with Crippen molar-refractivity contribution in [1.82, 2.24) is 4.90 Å². The Bertz CT molecular complexity index is 615. The summed E-state index contributed by atoms with van der Waals surface area (Å²) in [5.41, 5.74) is 1.95. The number of benzene rings is 1. The Morgan fingerprint density at radius 3 is 3.00 bits per heavy atom. The van der Waals surface area contributed by atoms with Crippen LogP contribution in [-0.2, 0) is 20.7 Å². The Balaban J connectivity index is 1.96. The maximum Gasteiger partial charge on any atom is 0.308 e. The number of aliphatic carboxylic acids is 1. The summed E-state index contributed by atoms with van der Waals surface area (Å²) in [5.74, 6) is -0.612. The zero-order valence-corrected chi connectivity index (χ0v) is 13.2. The van der Waals surface area contributed by atoms with E-state index in [0.717, 1.165) is 23.3 Å². The van der Waals surface area contributed by atoms with E-state index in [9.17, 15) is 14.7 Å². The Morgan fingerprint density at radius 1 is 1.43 bits per heavy atom. The number of carbonyl (C=O) groups excluding carboxylic acids is 1. The first kappa shape index (κ1) is 15.8. The van der Waals surface area contributed by atoms with Gasteiger partial charge in [0.2, 0.25) is 5.91 Å². The highest BCUT2D eigenvalue weighted by Crippen LogP contribution is 2.39. The van der Waals surface area contributed by atoms with Crippen LogP contribution in [0, 0.1) is 5.92 Å². The molecular weight excluding hydrogens is 298 g/mol. The number of fused-ring (bicyclic) bond motifs is 1. The van der Waals surface area contributed by atoms with Gasteiger partial charge in [0.25, 0.3) is 0 Å². The van der Waals surface area contributed by atoms with E-state index in [1.54, 1.807) is 12.0 Å². The second kappa shape index (κ2) is 6.58. The number of carbonyl (C=O) groups is 2. The lowest BCUT2D eigenvalue weighted by Gasteiger charge is -2.39. The van der Waals surface area contributed by atoms with Crippen LogP contribution in [0.5, 0.6) is 5.75 Å². The van der Waals surface area contributed by atoms with Crippen molar-refractivity contribution in [3.8, 4) is 5.75 Å². The standard InChI is InChI=1S/C17H21NO5/c1-22-9-7-18-15(19)5-3-13(17(20)21)16(18)12-2-4-14-11(10-12)6-8-23-14/h2,4,10,13,16H,3,5-9H2,1H3,(H,20,21)/t13-,16-/m1/s1. The number of hydrogen-bond donors (Lipinski definition) is 1. The quantitative estimate of drug-likeness (QED) is 0.893. The lowest BCUT2D eigenvalue weighted by Crippen LogP contribution is -2.46. The molecule has 0 radical (unpaired) electrons. The molecular formula is C17H21NO5. The van der Waals surface area contributed by atoms with Crippen LogP contribution in [0.25, 0.3) is 0 Å². The first-order valence-electron chi connectivity index (χ1n) is 7.88. The molecule has 1 aromatic carbocycles. The Hall–Kier alpha value is -2.08. The van der Waals surface area contributed by atoms with Crippen LogP contribution in [-0.4, -0.2) is 48.8 Å². The van der Waals surface area contributed by atoms with Crippen LogP contribution >= 0.6 is 0 Å². The second-order valence-electron chi connectivity index (χ2n) is 5.97. The molecule has 0 unspecified atom stereocenters. The van der Waals surface area contributed by atoms with Crippen molar-refractivity contribution in [3.05, 3.63) is 29.3 Å². The van der Waals surface area contributed by atoms with Gasteiger partial charge >= 0.3 is 5.97 Å². The van der Waals surface area contributed by atoms with Crippen LogP contribution in [0.15, 0.2) is 18.2 Å². The minimum Gasteiger partial charge on any atom is -0.493 e. The fourth-order valence-corrected chi connectivity index (χ4v) is 3.47. The van der Waals surface area contributed by atoms with Crippen LogP contribution in [0.3, 0.4) is 0 Å². The molecule has 0 bridgehead atoms. The van der Waals surface area contributed by atoms with Crippen LogP contribution in [0.4, 0.5) is 0 Å². The van der Waals surface area contributed by atoms with Gasteiger partial charge in [-0.1, -0.05) is 6.07 Å². The number of hydrogen-bond acceptors (Lipinski definition) is 4. The summed E-state index contributed by atoms with van der Waals surface area (Å²) < 4.78 is 10.6. The molecule has 1 N–H and O–H groups in total. The molecule has 1 saturated heterocycles. The number of piperidine rings is 1. The average molecular weight is 319 g/mol. The van der Waals surface area contributed by atoms with Gasteiger partial charge < -0.3 is 19.5 Å². The molecule has 1 amide bonds. The summed E-state index contributed by atoms with van der Waals surface area (Å²) in [6.07, 6.45) is 1.46. The number of nitrogens with zero attached hydrogens (tertiary/aromatic N) is 1. The molecule has 1 aromatic rings. The molecule has 23 heavy (non-hydrogen) atoms. The van der Waals surface area contributed by atoms with Gasteiger partial charge in [0.15, 0.2) is 0 Å². The monoisotopic (exact) mass is 319 g/mol. The number of likely N-dealkylation sites (tertiary alicyclic amines) is 1. The van der Waals surface area contributed by atoms with E-state index in [-0.39, 0.29) is 12.3 Å². The van der Waals surface area contributed by atoms with Crippen molar-refractivity contribution in [2.24, 2.45) is 5.92 Å². The molecule has 3 rings (SSSR count). The van der Waals surface area contributed by atoms with Gasteiger partial charge in [-0.15, -0.1) is 0 Å². The van der Waals surface area contributed by atoms with Gasteiger partial charge in [-0.05, 0) is 29.7 Å². The lowest BCUT2D eigenvalue weighted by molar-refractivity contribution is -0.152. The fourth-order valence-electron chi connectivity index (χ4n) is 3.47. The Morgan fingerprint density at radius 2 is 2.26 bits per heavy atom. The summed E-state index contributed by atoms with van der Waals surface area (Å²) in [7, 11) is 1.57. The van der Waals surface area contributed by atoms with Gasteiger partial charge in [-0.3, -0.25) is 9.59 Å². The molecule has 6 nitrogen and oxygen atoms in total. The van der Waals surface area contributed by atoms with Crippen molar-refractivity contribution < 1.29 is 24.2 Å². The van der Waals surface area contributed by atoms with Crippen molar-refractivity contribution >= 4 is 11.9 Å². The maximum atomic E-state index is 12.3. The minimum atomic E-state index is -0.860. The van der Waals surface area contributed by atoms with Crippen molar-refractivity contribution in [2.75, 3.05) is 26.9 Å². The van der Waals surface area contributed by atoms with Gasteiger partial charge in [0, 0.05) is 26.5 Å². The molecule has 1 fully saturated rings. The van der Waals surface area contributed by atoms with E-state index >= 15 is 0 Å². The third-order valence-corrected chi connectivity index (χ3v) is 4.62. The second-order valence-corrected chi connectivity index (χ2v) is 5.97. The van der Waals surface area contributed by atoms with E-state index in [0.29, 0.717) is 26.2 Å².